The summed E-state index contributed by atoms with van der Waals surface area (Å²) in [7, 11) is 0. The van der Waals surface area contributed by atoms with E-state index in [2.05, 4.69) is 13.0 Å². The van der Waals surface area contributed by atoms with Crippen molar-refractivity contribution >= 4 is 5.78 Å². The van der Waals surface area contributed by atoms with Crippen molar-refractivity contribution in [3.63, 3.8) is 0 Å². The van der Waals surface area contributed by atoms with E-state index in [1.165, 1.54) is 0 Å². The van der Waals surface area contributed by atoms with E-state index in [-0.39, 0.29) is 11.7 Å². The fraction of sp³-hybridized carbons (Fsp3) is 0.800. The van der Waals surface area contributed by atoms with Gasteiger partial charge in [0.15, 0.2) is 0 Å². The Kier molecular flexibility index (Phi) is 6.37. The van der Waals surface area contributed by atoms with E-state index in [1.54, 1.807) is 0 Å². The van der Waals surface area contributed by atoms with E-state index in [4.69, 9.17) is 5.26 Å². The van der Waals surface area contributed by atoms with Gasteiger partial charge in [0.2, 0.25) is 0 Å². The van der Waals surface area contributed by atoms with Gasteiger partial charge in [-0.2, -0.15) is 5.26 Å². The van der Waals surface area contributed by atoms with Crippen molar-refractivity contribution in [3.8, 4) is 6.07 Å². The largest absolute Gasteiger partial charge is 0.298 e. The standard InChI is InChI=1S/C10H17NO/c1-3-5-7-9(8-11)10(12)6-4-2/h9H,3-7H2,1-2H3. The van der Waals surface area contributed by atoms with Crippen molar-refractivity contribution < 1.29 is 4.79 Å². The van der Waals surface area contributed by atoms with E-state index >= 15 is 0 Å². The summed E-state index contributed by atoms with van der Waals surface area (Å²) in [5, 5.41) is 8.68. The highest BCUT2D eigenvalue weighted by Crippen LogP contribution is 2.11. The lowest BCUT2D eigenvalue weighted by Gasteiger charge is -2.05. The topological polar surface area (TPSA) is 40.9 Å². The van der Waals surface area contributed by atoms with Crippen LogP contribution in [0.4, 0.5) is 0 Å². The molecule has 0 N–H and O–H groups in total. The summed E-state index contributed by atoms with van der Waals surface area (Å²) in [4.78, 5) is 11.3. The molecule has 0 fully saturated rings. The smallest absolute Gasteiger partial charge is 0.149 e. The lowest BCUT2D eigenvalue weighted by Crippen LogP contribution is -2.11. The average Bonchev–Trinajstić information content (AvgIpc) is 2.06. The van der Waals surface area contributed by atoms with Crippen molar-refractivity contribution in [1.82, 2.24) is 0 Å². The van der Waals surface area contributed by atoms with Gasteiger partial charge in [0.25, 0.3) is 0 Å². The minimum atomic E-state index is -0.343. The van der Waals surface area contributed by atoms with E-state index in [0.717, 1.165) is 25.7 Å². The zero-order valence-corrected chi connectivity index (χ0v) is 7.97. The van der Waals surface area contributed by atoms with Gasteiger partial charge in [-0.3, -0.25) is 4.79 Å². The number of nitrogens with zero attached hydrogens (tertiary/aromatic N) is 1. The van der Waals surface area contributed by atoms with Gasteiger partial charge in [-0.1, -0.05) is 26.7 Å². The van der Waals surface area contributed by atoms with Crippen molar-refractivity contribution in [2.45, 2.75) is 46.0 Å². The van der Waals surface area contributed by atoms with E-state index in [0.29, 0.717) is 6.42 Å². The normalized spacial score (nSPS) is 12.1. The molecule has 0 aromatic carbocycles. The molecule has 0 radical (unpaired) electrons. The number of ketones is 1. The monoisotopic (exact) mass is 167 g/mol. The van der Waals surface area contributed by atoms with Gasteiger partial charge in [-0.05, 0) is 12.8 Å². The molecule has 68 valence electrons. The van der Waals surface area contributed by atoms with Gasteiger partial charge in [0, 0.05) is 6.42 Å². The van der Waals surface area contributed by atoms with Gasteiger partial charge >= 0.3 is 0 Å². The molecule has 0 heterocycles. The minimum Gasteiger partial charge on any atom is -0.298 e. The molecule has 0 rings (SSSR count). The van der Waals surface area contributed by atoms with E-state index in [1.807, 2.05) is 6.92 Å². The zero-order valence-electron chi connectivity index (χ0n) is 7.97. The van der Waals surface area contributed by atoms with Crippen LogP contribution in [0.3, 0.4) is 0 Å². The Morgan fingerprint density at radius 3 is 2.50 bits per heavy atom. The summed E-state index contributed by atoms with van der Waals surface area (Å²) in [6, 6.07) is 2.07. The van der Waals surface area contributed by atoms with Crippen LogP contribution in [0.2, 0.25) is 0 Å². The predicted octanol–water partition coefficient (Wildman–Crippen LogP) is 2.69. The number of hydrogen-bond acceptors (Lipinski definition) is 2. The van der Waals surface area contributed by atoms with Crippen LogP contribution in [0.25, 0.3) is 0 Å². The summed E-state index contributed by atoms with van der Waals surface area (Å²) in [6.45, 7) is 4.03. The molecule has 0 saturated heterocycles. The Labute approximate surface area is 74.6 Å². The average molecular weight is 167 g/mol. The van der Waals surface area contributed by atoms with Crippen LogP contribution in [-0.4, -0.2) is 5.78 Å². The van der Waals surface area contributed by atoms with Gasteiger partial charge in [-0.25, -0.2) is 0 Å². The number of unbranched alkanes of at least 4 members (excludes halogenated alkanes) is 1. The Hall–Kier alpha value is -0.840. The van der Waals surface area contributed by atoms with Gasteiger partial charge in [0.1, 0.15) is 11.7 Å². The summed E-state index contributed by atoms with van der Waals surface area (Å²) >= 11 is 0. The lowest BCUT2D eigenvalue weighted by atomic mass is 9.96. The highest BCUT2D eigenvalue weighted by atomic mass is 16.1. The summed E-state index contributed by atoms with van der Waals surface area (Å²) in [5.74, 6) is -0.224. The third-order valence-corrected chi connectivity index (χ3v) is 1.89. The minimum absolute atomic E-state index is 0.119. The molecule has 2 heteroatoms. The van der Waals surface area contributed by atoms with Crippen LogP contribution in [0.15, 0.2) is 0 Å². The molecule has 1 unspecified atom stereocenters. The number of carbonyl (C=O) groups is 1. The Morgan fingerprint density at radius 1 is 1.42 bits per heavy atom. The second-order valence-corrected chi connectivity index (χ2v) is 3.04. The molecule has 0 aromatic heterocycles. The third kappa shape index (κ3) is 4.12. The van der Waals surface area contributed by atoms with Gasteiger partial charge in [-0.15, -0.1) is 0 Å². The number of carbonyl (C=O) groups excluding carboxylic acids is 1. The molecule has 0 aliphatic heterocycles. The van der Waals surface area contributed by atoms with Crippen molar-refractivity contribution in [1.29, 1.82) is 5.26 Å². The van der Waals surface area contributed by atoms with Crippen molar-refractivity contribution in [2.24, 2.45) is 5.92 Å². The first-order valence-electron chi connectivity index (χ1n) is 4.68. The Morgan fingerprint density at radius 2 is 2.08 bits per heavy atom. The molecule has 0 saturated carbocycles. The number of rotatable bonds is 6. The number of Topliss-reactive ketones (excluding diaryl/α,β-unsaturated/α-hetero) is 1. The van der Waals surface area contributed by atoms with E-state index in [9.17, 15) is 4.79 Å². The van der Waals surface area contributed by atoms with Crippen LogP contribution >= 0.6 is 0 Å². The lowest BCUT2D eigenvalue weighted by molar-refractivity contribution is -0.121. The Balaban J connectivity index is 3.81. The molecular formula is C10H17NO. The van der Waals surface area contributed by atoms with Crippen LogP contribution in [-0.2, 0) is 4.79 Å². The van der Waals surface area contributed by atoms with Crippen LogP contribution in [0.1, 0.15) is 46.0 Å². The van der Waals surface area contributed by atoms with Crippen LogP contribution in [0, 0.1) is 17.2 Å². The van der Waals surface area contributed by atoms with Gasteiger partial charge < -0.3 is 0 Å². The van der Waals surface area contributed by atoms with E-state index < -0.39 is 0 Å². The second-order valence-electron chi connectivity index (χ2n) is 3.04. The maximum atomic E-state index is 11.3. The number of nitriles is 1. The van der Waals surface area contributed by atoms with Crippen LogP contribution < -0.4 is 0 Å². The molecule has 2 nitrogen and oxygen atoms in total. The summed E-state index contributed by atoms with van der Waals surface area (Å²) < 4.78 is 0. The maximum absolute atomic E-state index is 11.3. The fourth-order valence-electron chi connectivity index (χ4n) is 1.13. The maximum Gasteiger partial charge on any atom is 0.149 e. The second kappa shape index (κ2) is 6.84. The first kappa shape index (κ1) is 11.2. The first-order chi connectivity index (χ1) is 5.76. The number of hydrogen-bond donors (Lipinski definition) is 0. The predicted molar refractivity (Wildman–Crippen MR) is 48.5 cm³/mol. The fourth-order valence-corrected chi connectivity index (χ4v) is 1.13. The molecule has 0 amide bonds. The molecular weight excluding hydrogens is 150 g/mol. The molecule has 0 bridgehead atoms. The summed E-state index contributed by atoms with van der Waals surface area (Å²) in [6.07, 6.45) is 4.18. The SMILES string of the molecule is CCCCC(C#N)C(=O)CCC. The van der Waals surface area contributed by atoms with Gasteiger partial charge in [0.05, 0.1) is 6.07 Å². The summed E-state index contributed by atoms with van der Waals surface area (Å²) in [5.41, 5.74) is 0. The van der Waals surface area contributed by atoms with Crippen molar-refractivity contribution in [3.05, 3.63) is 0 Å². The molecule has 12 heavy (non-hydrogen) atoms. The first-order valence-corrected chi connectivity index (χ1v) is 4.68. The van der Waals surface area contributed by atoms with Crippen molar-refractivity contribution in [2.75, 3.05) is 0 Å². The quantitative estimate of drug-likeness (QED) is 0.610. The molecule has 1 atom stereocenters. The molecule has 0 spiro atoms. The highest BCUT2D eigenvalue weighted by Gasteiger charge is 2.15. The molecule has 0 aliphatic rings. The van der Waals surface area contributed by atoms with Crippen LogP contribution in [0.5, 0.6) is 0 Å². The third-order valence-electron chi connectivity index (χ3n) is 1.89. The molecule has 0 aliphatic carbocycles. The Bertz CT molecular complexity index is 169. The highest BCUT2D eigenvalue weighted by molar-refractivity contribution is 5.83. The molecule has 0 aromatic rings. The zero-order chi connectivity index (χ0) is 9.40.